The van der Waals surface area contributed by atoms with Crippen LogP contribution < -0.4 is 5.46 Å². The van der Waals surface area contributed by atoms with Crippen LogP contribution in [0.25, 0.3) is 4.98 Å². The Morgan fingerprint density at radius 1 is 1.22 bits per heavy atom. The molecule has 0 heterocycles. The summed E-state index contributed by atoms with van der Waals surface area (Å²) < 4.78 is 0. The molecule has 0 spiro atoms. The molecule has 9 heavy (non-hydrogen) atoms. The standard InChI is InChI=1S/C6H4BN2/c7-5-1-3-6(9-8)4-2-5/h1-4H/q+1. The molecular formula is C6H4BN2+. The van der Waals surface area contributed by atoms with Crippen molar-refractivity contribution in [1.82, 2.24) is 0 Å². The van der Waals surface area contributed by atoms with Crippen LogP contribution in [0.5, 0.6) is 0 Å². The highest BCUT2D eigenvalue weighted by Gasteiger charge is 1.98. The summed E-state index contributed by atoms with van der Waals surface area (Å²) in [6.07, 6.45) is 0. The Morgan fingerprint density at radius 3 is 2.22 bits per heavy atom. The SMILES string of the molecule is [B]c1ccc([N+]#N)cc1. The van der Waals surface area contributed by atoms with E-state index in [4.69, 9.17) is 13.2 Å². The summed E-state index contributed by atoms with van der Waals surface area (Å²) in [5.41, 5.74) is 1.19. The minimum atomic E-state index is 0.518. The molecule has 2 nitrogen and oxygen atoms in total. The predicted molar refractivity (Wildman–Crippen MR) is 36.6 cm³/mol. The van der Waals surface area contributed by atoms with Crippen LogP contribution in [0, 0.1) is 5.39 Å². The van der Waals surface area contributed by atoms with Crippen LogP contribution >= 0.6 is 0 Å². The van der Waals surface area contributed by atoms with Gasteiger partial charge < -0.3 is 0 Å². The van der Waals surface area contributed by atoms with Crippen LogP contribution in [0.15, 0.2) is 24.3 Å². The lowest BCUT2D eigenvalue weighted by Crippen LogP contribution is -1.97. The first kappa shape index (κ1) is 5.83. The summed E-state index contributed by atoms with van der Waals surface area (Å²) in [7, 11) is 5.36. The van der Waals surface area contributed by atoms with Gasteiger partial charge in [0.25, 0.3) is 0 Å². The second-order valence-electron chi connectivity index (χ2n) is 1.69. The van der Waals surface area contributed by atoms with E-state index in [-0.39, 0.29) is 0 Å². The summed E-state index contributed by atoms with van der Waals surface area (Å²) in [6.45, 7) is 0. The van der Waals surface area contributed by atoms with Crippen molar-refractivity contribution in [2.24, 2.45) is 0 Å². The molecule has 0 aromatic heterocycles. The van der Waals surface area contributed by atoms with Gasteiger partial charge in [0.05, 0.1) is 0 Å². The van der Waals surface area contributed by atoms with E-state index in [0.717, 1.165) is 0 Å². The van der Waals surface area contributed by atoms with E-state index in [1.807, 2.05) is 0 Å². The minimum Gasteiger partial charge on any atom is -0.0961 e. The Bertz CT molecular complexity index is 234. The molecule has 0 saturated heterocycles. The van der Waals surface area contributed by atoms with Gasteiger partial charge in [-0.15, -0.1) is 0 Å². The van der Waals surface area contributed by atoms with Gasteiger partial charge in [-0.25, -0.2) is 0 Å². The first-order valence-electron chi connectivity index (χ1n) is 2.53. The molecule has 0 amide bonds. The second-order valence-corrected chi connectivity index (χ2v) is 1.69. The number of diazo groups is 1. The molecule has 40 valence electrons. The van der Waals surface area contributed by atoms with Gasteiger partial charge in [-0.05, 0) is 0 Å². The quantitative estimate of drug-likeness (QED) is 0.365. The van der Waals surface area contributed by atoms with Crippen molar-refractivity contribution >= 4 is 19.0 Å². The molecule has 0 bridgehead atoms. The molecule has 1 aromatic rings. The van der Waals surface area contributed by atoms with Gasteiger partial charge in [0.15, 0.2) is 4.98 Å². The number of hydrogen-bond acceptors (Lipinski definition) is 1. The molecule has 3 heteroatoms. The smallest absolute Gasteiger partial charge is 0.0961 e. The topological polar surface area (TPSA) is 28.1 Å². The van der Waals surface area contributed by atoms with Gasteiger partial charge in [-0.3, -0.25) is 0 Å². The molecular weight excluding hydrogens is 111 g/mol. The third kappa shape index (κ3) is 1.30. The van der Waals surface area contributed by atoms with Gasteiger partial charge in [0.1, 0.15) is 7.85 Å². The third-order valence-corrected chi connectivity index (χ3v) is 1.01. The van der Waals surface area contributed by atoms with Crippen LogP contribution in [0.4, 0.5) is 5.69 Å². The molecule has 0 aliphatic rings. The summed E-state index contributed by atoms with van der Waals surface area (Å²) in [5.74, 6) is 0. The van der Waals surface area contributed by atoms with E-state index in [2.05, 4.69) is 4.98 Å². The largest absolute Gasteiger partial charge is 0.385 e. The molecule has 1 aromatic carbocycles. The van der Waals surface area contributed by atoms with Crippen molar-refractivity contribution in [3.8, 4) is 0 Å². The Hall–Kier alpha value is -1.30. The fraction of sp³-hybridized carbons (Fsp3) is 0. The fourth-order valence-corrected chi connectivity index (χ4v) is 0.541. The van der Waals surface area contributed by atoms with E-state index in [9.17, 15) is 0 Å². The van der Waals surface area contributed by atoms with Crippen LogP contribution in [-0.2, 0) is 0 Å². The molecule has 0 fully saturated rings. The van der Waals surface area contributed by atoms with E-state index in [1.165, 1.54) is 0 Å². The van der Waals surface area contributed by atoms with Gasteiger partial charge in [-0.2, -0.15) is 0 Å². The highest BCUT2D eigenvalue weighted by molar-refractivity contribution is 6.32. The van der Waals surface area contributed by atoms with Crippen molar-refractivity contribution in [2.75, 3.05) is 0 Å². The Balaban J connectivity index is 3.06. The minimum absolute atomic E-state index is 0.518. The van der Waals surface area contributed by atoms with Crippen molar-refractivity contribution in [3.63, 3.8) is 0 Å². The van der Waals surface area contributed by atoms with Crippen LogP contribution in [0.1, 0.15) is 0 Å². The van der Waals surface area contributed by atoms with Gasteiger partial charge >= 0.3 is 5.69 Å². The second kappa shape index (κ2) is 2.32. The first-order valence-corrected chi connectivity index (χ1v) is 2.53. The van der Waals surface area contributed by atoms with E-state index < -0.39 is 0 Å². The van der Waals surface area contributed by atoms with Gasteiger partial charge in [0.2, 0.25) is 5.39 Å². The maximum atomic E-state index is 8.21. The predicted octanol–water partition coefficient (Wildman–Crippen LogP) is 0.965. The zero-order valence-electron chi connectivity index (χ0n) is 4.78. The van der Waals surface area contributed by atoms with Crippen molar-refractivity contribution in [3.05, 3.63) is 29.2 Å². The molecule has 0 aliphatic carbocycles. The van der Waals surface area contributed by atoms with Crippen LogP contribution in [0.2, 0.25) is 0 Å². The maximum Gasteiger partial charge on any atom is 0.385 e. The highest BCUT2D eigenvalue weighted by atomic mass is 14.8. The number of benzene rings is 1. The molecule has 0 unspecified atom stereocenters. The van der Waals surface area contributed by atoms with E-state index in [1.54, 1.807) is 24.3 Å². The van der Waals surface area contributed by atoms with Crippen molar-refractivity contribution in [2.45, 2.75) is 0 Å². The zero-order valence-corrected chi connectivity index (χ0v) is 4.78. The average Bonchev–Trinajstić information content (AvgIpc) is 1.90. The molecule has 0 saturated carbocycles. The van der Waals surface area contributed by atoms with Crippen LogP contribution in [-0.4, -0.2) is 7.85 Å². The zero-order chi connectivity index (χ0) is 6.69. The normalized spacial score (nSPS) is 8.33. The summed E-state index contributed by atoms with van der Waals surface area (Å²) in [6, 6.07) is 6.62. The fourth-order valence-electron chi connectivity index (χ4n) is 0.541. The lowest BCUT2D eigenvalue weighted by Gasteiger charge is -1.81. The molecule has 1 rings (SSSR count). The number of nitrogens with zero attached hydrogens (tertiary/aromatic N) is 2. The summed E-state index contributed by atoms with van der Waals surface area (Å²) in [4.78, 5) is 2.96. The molecule has 2 radical (unpaired) electrons. The Morgan fingerprint density at radius 2 is 1.78 bits per heavy atom. The van der Waals surface area contributed by atoms with Crippen molar-refractivity contribution in [1.29, 1.82) is 5.39 Å². The number of rotatable bonds is 0. The Kier molecular flexibility index (Phi) is 1.50. The maximum absolute atomic E-state index is 8.21. The Labute approximate surface area is 54.5 Å². The molecule has 0 atom stereocenters. The van der Waals surface area contributed by atoms with E-state index >= 15 is 0 Å². The van der Waals surface area contributed by atoms with Gasteiger partial charge in [0, 0.05) is 12.1 Å². The molecule has 0 aliphatic heterocycles. The van der Waals surface area contributed by atoms with Gasteiger partial charge in [-0.1, -0.05) is 17.6 Å². The summed E-state index contributed by atoms with van der Waals surface area (Å²) in [5, 5.41) is 8.21. The highest BCUT2D eigenvalue weighted by Crippen LogP contribution is 2.06. The average molecular weight is 115 g/mol. The molecule has 0 N–H and O–H groups in total. The number of hydrogen-bond donors (Lipinski definition) is 0. The summed E-state index contributed by atoms with van der Waals surface area (Å²) >= 11 is 0. The van der Waals surface area contributed by atoms with E-state index in [0.29, 0.717) is 11.2 Å². The third-order valence-electron chi connectivity index (χ3n) is 1.01. The lowest BCUT2D eigenvalue weighted by molar-refractivity contribution is 1.47. The van der Waals surface area contributed by atoms with Crippen molar-refractivity contribution < 1.29 is 0 Å². The van der Waals surface area contributed by atoms with Crippen LogP contribution in [0.3, 0.4) is 0 Å². The first-order chi connectivity index (χ1) is 4.33. The lowest BCUT2D eigenvalue weighted by atomic mass is 9.96. The monoisotopic (exact) mass is 115 g/mol.